The molecule has 4 rings (SSSR count). The van der Waals surface area contributed by atoms with Crippen LogP contribution in [0.5, 0.6) is 0 Å². The van der Waals surface area contributed by atoms with Gasteiger partial charge in [0.1, 0.15) is 11.4 Å². The number of rotatable bonds is 11. The van der Waals surface area contributed by atoms with Gasteiger partial charge in [0.2, 0.25) is 0 Å². The third kappa shape index (κ3) is 4.53. The summed E-state index contributed by atoms with van der Waals surface area (Å²) >= 11 is 0. The second kappa shape index (κ2) is 9.20. The molecule has 0 spiro atoms. The Labute approximate surface area is 180 Å². The normalized spacial score (nSPS) is 11.1. The zero-order valence-electron chi connectivity index (χ0n) is 16.9. The first-order valence-electron chi connectivity index (χ1n) is 9.90. The van der Waals surface area contributed by atoms with Crippen molar-refractivity contribution in [2.24, 2.45) is 0 Å². The van der Waals surface area contributed by atoms with Crippen LogP contribution in [0.25, 0.3) is 11.9 Å². The van der Waals surface area contributed by atoms with Crippen molar-refractivity contribution in [3.63, 3.8) is 0 Å². The first kappa shape index (κ1) is 20.9. The van der Waals surface area contributed by atoms with E-state index in [2.05, 4.69) is 30.8 Å². The quantitative estimate of drug-likeness (QED) is 0.319. The van der Waals surface area contributed by atoms with Crippen LogP contribution in [0.15, 0.2) is 36.7 Å². The van der Waals surface area contributed by atoms with Crippen LogP contribution in [-0.2, 0) is 13.1 Å². The van der Waals surface area contributed by atoms with Gasteiger partial charge in [-0.1, -0.05) is 23.0 Å². The maximum atomic E-state index is 11.2. The van der Waals surface area contributed by atoms with Crippen molar-refractivity contribution >= 4 is 11.9 Å². The van der Waals surface area contributed by atoms with E-state index in [1.807, 2.05) is 0 Å². The molecule has 2 N–H and O–H groups in total. The molecule has 0 radical (unpaired) electrons. The van der Waals surface area contributed by atoms with E-state index in [4.69, 9.17) is 10.2 Å². The highest BCUT2D eigenvalue weighted by atomic mass is 16.4. The molecular formula is C18H20N10O4. The number of tetrazole rings is 2. The lowest BCUT2D eigenvalue weighted by Gasteiger charge is -2.01. The summed E-state index contributed by atoms with van der Waals surface area (Å²) in [6, 6.07) is 6.17. The Morgan fingerprint density at radius 3 is 1.56 bits per heavy atom. The van der Waals surface area contributed by atoms with E-state index in [0.29, 0.717) is 13.1 Å². The number of aromatic carboxylic acids is 2. The first-order chi connectivity index (χ1) is 15.5. The summed E-state index contributed by atoms with van der Waals surface area (Å²) < 4.78 is 2.75. The molecule has 166 valence electrons. The van der Waals surface area contributed by atoms with Crippen molar-refractivity contribution in [2.45, 2.75) is 38.8 Å². The molecule has 4 heterocycles. The van der Waals surface area contributed by atoms with Crippen LogP contribution in [0.4, 0.5) is 0 Å². The molecule has 0 aromatic carbocycles. The van der Waals surface area contributed by atoms with E-state index in [-0.39, 0.29) is 23.3 Å². The molecule has 4 aromatic rings. The largest absolute Gasteiger partial charge is 0.477 e. The van der Waals surface area contributed by atoms with Gasteiger partial charge in [-0.2, -0.15) is 9.59 Å². The SMILES string of the molecule is O=C(O)c1cccn1-c1nnn(CCCCCCn2nnc(-n3cccc3C(=O)O)n2)n1. The van der Waals surface area contributed by atoms with Crippen molar-refractivity contribution in [3.05, 3.63) is 48.0 Å². The monoisotopic (exact) mass is 440 g/mol. The molecule has 0 amide bonds. The molecule has 32 heavy (non-hydrogen) atoms. The molecule has 0 aliphatic rings. The third-order valence-electron chi connectivity index (χ3n) is 4.72. The molecule has 0 fully saturated rings. The van der Waals surface area contributed by atoms with Crippen LogP contribution in [-0.4, -0.2) is 71.7 Å². The summed E-state index contributed by atoms with van der Waals surface area (Å²) in [6.45, 7) is 1.13. The minimum absolute atomic E-state index is 0.0744. The lowest BCUT2D eigenvalue weighted by atomic mass is 10.2. The summed E-state index contributed by atoms with van der Waals surface area (Å²) in [6.07, 6.45) is 6.65. The summed E-state index contributed by atoms with van der Waals surface area (Å²) in [7, 11) is 0. The van der Waals surface area contributed by atoms with Gasteiger partial charge in [0.15, 0.2) is 0 Å². The van der Waals surface area contributed by atoms with Crippen LogP contribution in [0, 0.1) is 0 Å². The summed E-state index contributed by atoms with van der Waals surface area (Å²) in [5, 5.41) is 42.6. The predicted molar refractivity (Wildman–Crippen MR) is 107 cm³/mol. The molecule has 14 heteroatoms. The summed E-state index contributed by atoms with van der Waals surface area (Å²) in [4.78, 5) is 25.3. The van der Waals surface area contributed by atoms with Gasteiger partial charge in [0, 0.05) is 12.4 Å². The maximum absolute atomic E-state index is 11.2. The minimum Gasteiger partial charge on any atom is -0.477 e. The minimum atomic E-state index is -1.06. The van der Waals surface area contributed by atoms with Crippen molar-refractivity contribution in [1.82, 2.24) is 49.5 Å². The Morgan fingerprint density at radius 1 is 0.719 bits per heavy atom. The number of unbranched alkanes of at least 4 members (excludes halogenated alkanes) is 3. The highest BCUT2D eigenvalue weighted by Crippen LogP contribution is 2.09. The standard InChI is InChI=1S/C18H20N10O4/c29-15(30)13-7-5-9-25(13)17-19-23-27(21-17)11-3-1-2-4-12-28-22-18(20-24-28)26-10-6-8-14(26)16(31)32/h5-10H,1-4,11-12H2,(H,29,30)(H,31,32). The lowest BCUT2D eigenvalue weighted by Crippen LogP contribution is -2.08. The molecule has 0 unspecified atom stereocenters. The Hall–Kier alpha value is -4.36. The zero-order chi connectivity index (χ0) is 22.5. The van der Waals surface area contributed by atoms with Gasteiger partial charge in [-0.3, -0.25) is 9.13 Å². The Bertz CT molecular complexity index is 1130. The predicted octanol–water partition coefficient (Wildman–Crippen LogP) is 0.898. The van der Waals surface area contributed by atoms with Crippen molar-refractivity contribution in [1.29, 1.82) is 0 Å². The third-order valence-corrected chi connectivity index (χ3v) is 4.72. The number of carboxylic acids is 2. The number of aromatic nitrogens is 10. The van der Waals surface area contributed by atoms with Gasteiger partial charge in [0.25, 0.3) is 11.9 Å². The highest BCUT2D eigenvalue weighted by molar-refractivity contribution is 5.86. The van der Waals surface area contributed by atoms with E-state index in [0.717, 1.165) is 25.7 Å². The topological polar surface area (TPSA) is 172 Å². The smallest absolute Gasteiger partial charge is 0.352 e. The maximum Gasteiger partial charge on any atom is 0.352 e. The van der Waals surface area contributed by atoms with Gasteiger partial charge in [0.05, 0.1) is 13.1 Å². The van der Waals surface area contributed by atoms with Crippen LogP contribution in [0.2, 0.25) is 0 Å². The zero-order valence-corrected chi connectivity index (χ0v) is 16.9. The fraction of sp³-hybridized carbons (Fsp3) is 0.333. The van der Waals surface area contributed by atoms with Gasteiger partial charge in [-0.05, 0) is 47.5 Å². The van der Waals surface area contributed by atoms with E-state index in [9.17, 15) is 9.59 Å². The van der Waals surface area contributed by atoms with E-state index in [1.54, 1.807) is 24.5 Å². The van der Waals surface area contributed by atoms with Gasteiger partial charge < -0.3 is 10.2 Å². The van der Waals surface area contributed by atoms with Crippen LogP contribution in [0.3, 0.4) is 0 Å². The Morgan fingerprint density at radius 2 is 1.16 bits per heavy atom. The van der Waals surface area contributed by atoms with E-state index in [1.165, 1.54) is 30.9 Å². The molecule has 0 saturated carbocycles. The molecule has 0 atom stereocenters. The van der Waals surface area contributed by atoms with Crippen LogP contribution >= 0.6 is 0 Å². The van der Waals surface area contributed by atoms with Crippen molar-refractivity contribution < 1.29 is 19.8 Å². The number of carboxylic acid groups (broad SMARTS) is 2. The summed E-state index contributed by atoms with van der Waals surface area (Å²) in [5.41, 5.74) is 0.149. The Balaban J connectivity index is 1.20. The fourth-order valence-electron chi connectivity index (χ4n) is 3.17. The molecule has 0 aliphatic carbocycles. The number of carbonyl (C=O) groups is 2. The fourth-order valence-corrected chi connectivity index (χ4v) is 3.17. The number of aryl methyl sites for hydroxylation is 2. The van der Waals surface area contributed by atoms with Crippen molar-refractivity contribution in [3.8, 4) is 11.9 Å². The molecular weight excluding hydrogens is 420 g/mol. The first-order valence-corrected chi connectivity index (χ1v) is 9.90. The molecule has 0 saturated heterocycles. The second-order valence-corrected chi connectivity index (χ2v) is 6.92. The van der Waals surface area contributed by atoms with Crippen molar-refractivity contribution in [2.75, 3.05) is 0 Å². The number of nitrogens with zero attached hydrogens (tertiary/aromatic N) is 10. The Kier molecular flexibility index (Phi) is 6.00. The van der Waals surface area contributed by atoms with Gasteiger partial charge in [-0.15, -0.1) is 10.2 Å². The molecule has 14 nitrogen and oxygen atoms in total. The average molecular weight is 440 g/mol. The highest BCUT2D eigenvalue weighted by Gasteiger charge is 2.15. The molecule has 4 aromatic heterocycles. The molecule has 0 aliphatic heterocycles. The van der Waals surface area contributed by atoms with E-state index < -0.39 is 11.9 Å². The van der Waals surface area contributed by atoms with E-state index >= 15 is 0 Å². The number of hydrogen-bond acceptors (Lipinski definition) is 8. The lowest BCUT2D eigenvalue weighted by molar-refractivity contribution is 0.0677. The van der Waals surface area contributed by atoms with Crippen LogP contribution in [0.1, 0.15) is 46.7 Å². The van der Waals surface area contributed by atoms with Gasteiger partial charge in [-0.25, -0.2) is 9.59 Å². The van der Waals surface area contributed by atoms with Crippen LogP contribution < -0.4 is 0 Å². The average Bonchev–Trinajstić information content (AvgIpc) is 3.55. The number of hydrogen-bond donors (Lipinski definition) is 2. The second-order valence-electron chi connectivity index (χ2n) is 6.92. The molecule has 0 bridgehead atoms. The summed E-state index contributed by atoms with van der Waals surface area (Å²) in [5.74, 6) is -1.68. The van der Waals surface area contributed by atoms with Gasteiger partial charge >= 0.3 is 11.9 Å².